The molecule has 1 aromatic rings. The maximum Gasteiger partial charge on any atom is 0.223 e. The molecule has 0 aliphatic heterocycles. The van der Waals surface area contributed by atoms with Crippen LogP contribution in [-0.4, -0.2) is 37.2 Å². The molecule has 0 aliphatic carbocycles. The number of carbonyl (C=O) groups is 1. The van der Waals surface area contributed by atoms with Crippen molar-refractivity contribution >= 4 is 23.4 Å². The number of amides is 1. The molecule has 19 heavy (non-hydrogen) atoms. The van der Waals surface area contributed by atoms with E-state index < -0.39 is 0 Å². The van der Waals surface area contributed by atoms with E-state index in [1.54, 1.807) is 30.8 Å². The van der Waals surface area contributed by atoms with E-state index in [2.05, 4.69) is 18.3 Å². The molecule has 1 N–H and O–H groups in total. The molecular formula is C14H19N3OS. The van der Waals surface area contributed by atoms with Crippen molar-refractivity contribution in [1.29, 1.82) is 5.26 Å². The predicted octanol–water partition coefficient (Wildman–Crippen LogP) is 2.56. The van der Waals surface area contributed by atoms with E-state index >= 15 is 0 Å². The summed E-state index contributed by atoms with van der Waals surface area (Å²) in [7, 11) is 3.48. The molecule has 0 aliphatic rings. The van der Waals surface area contributed by atoms with Crippen LogP contribution < -0.4 is 5.32 Å². The summed E-state index contributed by atoms with van der Waals surface area (Å²) in [4.78, 5) is 14.0. The number of hydrogen-bond acceptors (Lipinski definition) is 4. The number of carbonyl (C=O) groups excluding carboxylic acids is 1. The van der Waals surface area contributed by atoms with E-state index in [4.69, 9.17) is 0 Å². The Morgan fingerprint density at radius 1 is 1.47 bits per heavy atom. The van der Waals surface area contributed by atoms with Gasteiger partial charge in [0.15, 0.2) is 0 Å². The first-order valence-corrected chi connectivity index (χ1v) is 7.18. The van der Waals surface area contributed by atoms with Gasteiger partial charge in [-0.05, 0) is 17.9 Å². The second kappa shape index (κ2) is 7.70. The maximum absolute atomic E-state index is 11.5. The molecule has 0 saturated heterocycles. The number of nitrogens with zero attached hydrogens (tertiary/aromatic N) is 2. The minimum Gasteiger partial charge on any atom is -0.383 e. The topological polar surface area (TPSA) is 56.1 Å². The van der Waals surface area contributed by atoms with Crippen LogP contribution in [0.4, 0.5) is 5.69 Å². The molecule has 5 heteroatoms. The molecule has 1 rings (SSSR count). The van der Waals surface area contributed by atoms with E-state index in [0.717, 1.165) is 16.3 Å². The van der Waals surface area contributed by atoms with Crippen LogP contribution in [0.3, 0.4) is 0 Å². The Morgan fingerprint density at radius 2 is 2.21 bits per heavy atom. The third kappa shape index (κ3) is 4.49. The molecule has 102 valence electrons. The first-order valence-electron chi connectivity index (χ1n) is 6.20. The Bertz CT molecular complexity index is 480. The summed E-state index contributed by atoms with van der Waals surface area (Å²) in [6.45, 7) is 2.59. The number of nitrogens with one attached hydrogen (secondary N) is 1. The van der Waals surface area contributed by atoms with E-state index in [1.165, 1.54) is 0 Å². The average Bonchev–Trinajstić information content (AvgIpc) is 2.39. The van der Waals surface area contributed by atoms with E-state index in [-0.39, 0.29) is 5.91 Å². The number of nitriles is 1. The van der Waals surface area contributed by atoms with E-state index in [9.17, 15) is 10.1 Å². The smallest absolute Gasteiger partial charge is 0.223 e. The van der Waals surface area contributed by atoms with Gasteiger partial charge in [0.25, 0.3) is 0 Å². The monoisotopic (exact) mass is 277 g/mol. The second-order valence-electron chi connectivity index (χ2n) is 4.19. The number of rotatable bonds is 6. The fraction of sp³-hybridized carbons (Fsp3) is 0.429. The molecule has 4 nitrogen and oxygen atoms in total. The molecule has 1 amide bonds. The average molecular weight is 277 g/mol. The molecule has 0 bridgehead atoms. The second-order valence-corrected chi connectivity index (χ2v) is 5.49. The highest BCUT2D eigenvalue weighted by Crippen LogP contribution is 2.27. The number of hydrogen-bond donors (Lipinski definition) is 1. The fourth-order valence-corrected chi connectivity index (χ4v) is 2.38. The van der Waals surface area contributed by atoms with Gasteiger partial charge < -0.3 is 10.2 Å². The van der Waals surface area contributed by atoms with Crippen LogP contribution in [-0.2, 0) is 4.79 Å². The largest absolute Gasteiger partial charge is 0.383 e. The lowest BCUT2D eigenvalue weighted by molar-refractivity contribution is -0.128. The van der Waals surface area contributed by atoms with Crippen molar-refractivity contribution in [2.45, 2.75) is 18.2 Å². The standard InChI is InChI=1S/C14H19N3OS/c1-4-19-13-7-5-6-12(11(13)10-15)16-9-8-14(18)17(2)3/h5-7,16H,4,8-9H2,1-3H3. The van der Waals surface area contributed by atoms with Crippen LogP contribution in [0.5, 0.6) is 0 Å². The van der Waals surface area contributed by atoms with Crippen LogP contribution in [0.1, 0.15) is 18.9 Å². The summed E-state index contributed by atoms with van der Waals surface area (Å²) < 4.78 is 0. The lowest BCUT2D eigenvalue weighted by Crippen LogP contribution is -2.24. The first kappa shape index (κ1) is 15.4. The molecule has 0 radical (unpaired) electrons. The van der Waals surface area contributed by atoms with Gasteiger partial charge in [-0.15, -0.1) is 11.8 Å². The molecular weight excluding hydrogens is 258 g/mol. The Morgan fingerprint density at radius 3 is 2.79 bits per heavy atom. The quantitative estimate of drug-likeness (QED) is 0.812. The van der Waals surface area contributed by atoms with Gasteiger partial charge in [-0.25, -0.2) is 0 Å². The summed E-state index contributed by atoms with van der Waals surface area (Å²) in [6, 6.07) is 7.98. The van der Waals surface area contributed by atoms with E-state index in [0.29, 0.717) is 18.5 Å². The van der Waals surface area contributed by atoms with Gasteiger partial charge in [-0.2, -0.15) is 5.26 Å². The van der Waals surface area contributed by atoms with Crippen LogP contribution in [0.2, 0.25) is 0 Å². The van der Waals surface area contributed by atoms with Crippen molar-refractivity contribution in [1.82, 2.24) is 4.90 Å². The minimum atomic E-state index is 0.0742. The van der Waals surface area contributed by atoms with Gasteiger partial charge in [0.05, 0.1) is 11.3 Å². The summed E-state index contributed by atoms with van der Waals surface area (Å²) >= 11 is 1.65. The summed E-state index contributed by atoms with van der Waals surface area (Å²) in [5, 5.41) is 12.4. The van der Waals surface area contributed by atoms with Crippen molar-refractivity contribution in [3.63, 3.8) is 0 Å². The SMILES string of the molecule is CCSc1cccc(NCCC(=O)N(C)C)c1C#N. The number of thioether (sulfide) groups is 1. The molecule has 0 saturated carbocycles. The highest BCUT2D eigenvalue weighted by atomic mass is 32.2. The van der Waals surface area contributed by atoms with Gasteiger partial charge in [-0.1, -0.05) is 13.0 Å². The van der Waals surface area contributed by atoms with Crippen molar-refractivity contribution in [2.24, 2.45) is 0 Å². The molecule has 0 heterocycles. The van der Waals surface area contributed by atoms with Crippen molar-refractivity contribution < 1.29 is 4.79 Å². The minimum absolute atomic E-state index is 0.0742. The van der Waals surface area contributed by atoms with Gasteiger partial charge in [0.1, 0.15) is 6.07 Å². The Kier molecular flexibility index (Phi) is 6.23. The lowest BCUT2D eigenvalue weighted by atomic mass is 10.2. The Balaban J connectivity index is 2.71. The molecule has 0 aromatic heterocycles. The van der Waals surface area contributed by atoms with Crippen molar-refractivity contribution in [2.75, 3.05) is 31.7 Å². The summed E-state index contributed by atoms with van der Waals surface area (Å²) in [5.41, 5.74) is 1.46. The molecule has 0 atom stereocenters. The fourth-order valence-electron chi connectivity index (χ4n) is 1.60. The Labute approximate surface area is 118 Å². The van der Waals surface area contributed by atoms with Gasteiger partial charge in [0.2, 0.25) is 5.91 Å². The molecule has 1 aromatic carbocycles. The number of benzene rings is 1. The van der Waals surface area contributed by atoms with Crippen LogP contribution in [0.25, 0.3) is 0 Å². The van der Waals surface area contributed by atoms with Crippen LogP contribution in [0, 0.1) is 11.3 Å². The zero-order valence-electron chi connectivity index (χ0n) is 11.6. The normalized spacial score (nSPS) is 9.79. The van der Waals surface area contributed by atoms with Crippen LogP contribution in [0.15, 0.2) is 23.1 Å². The van der Waals surface area contributed by atoms with Crippen molar-refractivity contribution in [3.8, 4) is 6.07 Å². The number of anilines is 1. The van der Waals surface area contributed by atoms with Gasteiger partial charge >= 0.3 is 0 Å². The first-order chi connectivity index (χ1) is 9.10. The highest BCUT2D eigenvalue weighted by Gasteiger charge is 2.08. The summed E-state index contributed by atoms with van der Waals surface area (Å²) in [6.07, 6.45) is 0.420. The third-order valence-corrected chi connectivity index (χ3v) is 3.53. The summed E-state index contributed by atoms with van der Waals surface area (Å²) in [5.74, 6) is 1.00. The Hall–Kier alpha value is -1.67. The highest BCUT2D eigenvalue weighted by molar-refractivity contribution is 7.99. The zero-order chi connectivity index (χ0) is 14.3. The zero-order valence-corrected chi connectivity index (χ0v) is 12.4. The van der Waals surface area contributed by atoms with Gasteiger partial charge in [0, 0.05) is 32.0 Å². The maximum atomic E-state index is 11.5. The van der Waals surface area contributed by atoms with Gasteiger partial charge in [-0.3, -0.25) is 4.79 Å². The predicted molar refractivity (Wildman–Crippen MR) is 79.4 cm³/mol. The lowest BCUT2D eigenvalue weighted by Gasteiger charge is -2.13. The molecule has 0 fully saturated rings. The molecule has 0 spiro atoms. The van der Waals surface area contributed by atoms with Crippen LogP contribution >= 0.6 is 11.8 Å². The third-order valence-electron chi connectivity index (χ3n) is 2.59. The van der Waals surface area contributed by atoms with Crippen molar-refractivity contribution in [3.05, 3.63) is 23.8 Å². The molecule has 0 unspecified atom stereocenters. The van der Waals surface area contributed by atoms with E-state index in [1.807, 2.05) is 18.2 Å².